The Balaban J connectivity index is 2.01. The van der Waals surface area contributed by atoms with Crippen LogP contribution in [0.25, 0.3) is 10.9 Å². The Hall–Kier alpha value is -1.35. The lowest BCUT2D eigenvalue weighted by Gasteiger charge is -2.39. The number of rotatable bonds is 4. The van der Waals surface area contributed by atoms with Crippen molar-refractivity contribution >= 4 is 10.9 Å². The zero-order chi connectivity index (χ0) is 12.6. The topological polar surface area (TPSA) is 38.0 Å². The average Bonchev–Trinajstić information content (AvgIpc) is 2.72. The first-order valence-electron chi connectivity index (χ1n) is 6.83. The molecule has 1 aromatic carbocycles. The van der Waals surface area contributed by atoms with E-state index in [0.29, 0.717) is 6.61 Å². The Morgan fingerprint density at radius 1 is 1.33 bits per heavy atom. The van der Waals surface area contributed by atoms with E-state index in [0.717, 1.165) is 31.5 Å². The summed E-state index contributed by atoms with van der Waals surface area (Å²) < 4.78 is 2.06. The molecule has 0 unspecified atom stereocenters. The van der Waals surface area contributed by atoms with Crippen LogP contribution in [0.3, 0.4) is 0 Å². The van der Waals surface area contributed by atoms with Gasteiger partial charge in [0.25, 0.3) is 0 Å². The van der Waals surface area contributed by atoms with Crippen molar-refractivity contribution in [3.63, 3.8) is 0 Å². The molecule has 1 N–H and O–H groups in total. The molecule has 0 aliphatic heterocycles. The minimum Gasteiger partial charge on any atom is -0.396 e. The van der Waals surface area contributed by atoms with Gasteiger partial charge in [-0.05, 0) is 37.7 Å². The van der Waals surface area contributed by atoms with E-state index in [4.69, 9.17) is 5.10 Å². The third kappa shape index (κ3) is 1.74. The molecule has 1 saturated carbocycles. The van der Waals surface area contributed by atoms with Crippen LogP contribution in [0.15, 0.2) is 24.3 Å². The van der Waals surface area contributed by atoms with Crippen molar-refractivity contribution in [2.45, 2.75) is 39.2 Å². The van der Waals surface area contributed by atoms with Gasteiger partial charge in [0.05, 0.1) is 11.2 Å². The third-order valence-corrected chi connectivity index (χ3v) is 4.33. The molecule has 0 amide bonds. The SMILES string of the molecule is CCn1nc(CC2(CO)CCC2)c2ccccc21. The van der Waals surface area contributed by atoms with Gasteiger partial charge >= 0.3 is 0 Å². The standard InChI is InChI=1S/C15H20N2O/c1-2-17-14-7-4-3-6-12(14)13(16-17)10-15(11-18)8-5-9-15/h3-4,6-7,18H,2,5,8-11H2,1H3. The zero-order valence-electron chi connectivity index (χ0n) is 10.9. The van der Waals surface area contributed by atoms with E-state index in [1.54, 1.807) is 0 Å². The van der Waals surface area contributed by atoms with E-state index in [1.165, 1.54) is 17.3 Å². The fraction of sp³-hybridized carbons (Fsp3) is 0.533. The molecule has 1 aliphatic carbocycles. The minimum absolute atomic E-state index is 0.107. The summed E-state index contributed by atoms with van der Waals surface area (Å²) in [6.45, 7) is 3.31. The average molecular weight is 244 g/mol. The van der Waals surface area contributed by atoms with Crippen LogP contribution < -0.4 is 0 Å². The number of hydrogen-bond acceptors (Lipinski definition) is 2. The van der Waals surface area contributed by atoms with Gasteiger partial charge in [-0.25, -0.2) is 0 Å². The monoisotopic (exact) mass is 244 g/mol. The summed E-state index contributed by atoms with van der Waals surface area (Å²) in [4.78, 5) is 0. The van der Waals surface area contributed by atoms with E-state index >= 15 is 0 Å². The van der Waals surface area contributed by atoms with Crippen LogP contribution >= 0.6 is 0 Å². The van der Waals surface area contributed by atoms with Crippen LogP contribution in [-0.2, 0) is 13.0 Å². The van der Waals surface area contributed by atoms with Crippen LogP contribution in [0.4, 0.5) is 0 Å². The number of nitrogens with zero attached hydrogens (tertiary/aromatic N) is 2. The molecule has 1 fully saturated rings. The number of aliphatic hydroxyl groups excluding tert-OH is 1. The van der Waals surface area contributed by atoms with Gasteiger partial charge in [0, 0.05) is 18.5 Å². The van der Waals surface area contributed by atoms with Crippen LogP contribution in [0, 0.1) is 5.41 Å². The molecule has 3 nitrogen and oxygen atoms in total. The van der Waals surface area contributed by atoms with Crippen molar-refractivity contribution in [3.8, 4) is 0 Å². The van der Waals surface area contributed by atoms with E-state index in [9.17, 15) is 5.11 Å². The summed E-state index contributed by atoms with van der Waals surface area (Å²) >= 11 is 0. The van der Waals surface area contributed by atoms with Crippen molar-refractivity contribution < 1.29 is 5.11 Å². The highest BCUT2D eigenvalue weighted by molar-refractivity contribution is 5.82. The first-order valence-corrected chi connectivity index (χ1v) is 6.83. The highest BCUT2D eigenvalue weighted by Gasteiger charge is 2.37. The first kappa shape index (κ1) is 11.7. The molecule has 0 spiro atoms. The second kappa shape index (κ2) is 4.39. The van der Waals surface area contributed by atoms with Gasteiger partial charge in [0.15, 0.2) is 0 Å². The summed E-state index contributed by atoms with van der Waals surface area (Å²) in [6.07, 6.45) is 4.43. The fourth-order valence-electron chi connectivity index (χ4n) is 2.99. The lowest BCUT2D eigenvalue weighted by Crippen LogP contribution is -2.35. The van der Waals surface area contributed by atoms with Gasteiger partial charge in [-0.1, -0.05) is 24.6 Å². The number of aryl methyl sites for hydroxylation is 1. The predicted molar refractivity (Wildman–Crippen MR) is 72.5 cm³/mol. The maximum absolute atomic E-state index is 9.60. The zero-order valence-corrected chi connectivity index (χ0v) is 10.9. The Labute approximate surface area is 107 Å². The molecule has 1 aliphatic rings. The van der Waals surface area contributed by atoms with Gasteiger partial charge in [-0.3, -0.25) is 4.68 Å². The van der Waals surface area contributed by atoms with Crippen LogP contribution in [0.5, 0.6) is 0 Å². The molecule has 3 rings (SSSR count). The quantitative estimate of drug-likeness (QED) is 0.898. The van der Waals surface area contributed by atoms with Crippen molar-refractivity contribution in [1.82, 2.24) is 9.78 Å². The Morgan fingerprint density at radius 2 is 2.11 bits per heavy atom. The number of para-hydroxylation sites is 1. The van der Waals surface area contributed by atoms with Crippen molar-refractivity contribution in [2.24, 2.45) is 5.41 Å². The van der Waals surface area contributed by atoms with Gasteiger partial charge in [0.2, 0.25) is 0 Å². The van der Waals surface area contributed by atoms with Gasteiger partial charge in [0.1, 0.15) is 0 Å². The number of benzene rings is 1. The largest absolute Gasteiger partial charge is 0.396 e. The molecule has 3 heteroatoms. The van der Waals surface area contributed by atoms with Crippen molar-refractivity contribution in [3.05, 3.63) is 30.0 Å². The second-order valence-electron chi connectivity index (χ2n) is 5.47. The lowest BCUT2D eigenvalue weighted by molar-refractivity contribution is 0.0442. The van der Waals surface area contributed by atoms with E-state index in [2.05, 4.69) is 35.9 Å². The highest BCUT2D eigenvalue weighted by atomic mass is 16.3. The lowest BCUT2D eigenvalue weighted by atomic mass is 9.66. The summed E-state index contributed by atoms with van der Waals surface area (Å²) in [5.41, 5.74) is 2.47. The molecule has 2 aromatic rings. The molecular formula is C15H20N2O. The molecule has 96 valence electrons. The van der Waals surface area contributed by atoms with E-state index in [-0.39, 0.29) is 5.41 Å². The maximum Gasteiger partial charge on any atom is 0.0709 e. The molecule has 18 heavy (non-hydrogen) atoms. The highest BCUT2D eigenvalue weighted by Crippen LogP contribution is 2.43. The Morgan fingerprint density at radius 3 is 2.72 bits per heavy atom. The smallest absolute Gasteiger partial charge is 0.0709 e. The molecule has 0 saturated heterocycles. The summed E-state index contributed by atoms with van der Waals surface area (Å²) in [5.74, 6) is 0. The number of fused-ring (bicyclic) bond motifs is 1. The van der Waals surface area contributed by atoms with E-state index < -0.39 is 0 Å². The summed E-state index contributed by atoms with van der Waals surface area (Å²) in [6, 6.07) is 8.40. The Kier molecular flexibility index (Phi) is 2.86. The summed E-state index contributed by atoms with van der Waals surface area (Å²) in [5, 5.41) is 15.6. The number of aromatic nitrogens is 2. The number of aliphatic hydroxyl groups is 1. The molecular weight excluding hydrogens is 224 g/mol. The van der Waals surface area contributed by atoms with E-state index in [1.807, 2.05) is 0 Å². The van der Waals surface area contributed by atoms with Crippen LogP contribution in [-0.4, -0.2) is 21.5 Å². The van der Waals surface area contributed by atoms with Crippen LogP contribution in [0.1, 0.15) is 31.9 Å². The first-order chi connectivity index (χ1) is 8.78. The molecule has 0 atom stereocenters. The molecule has 1 heterocycles. The normalized spacial score (nSPS) is 17.9. The second-order valence-corrected chi connectivity index (χ2v) is 5.47. The fourth-order valence-corrected chi connectivity index (χ4v) is 2.99. The van der Waals surface area contributed by atoms with Crippen molar-refractivity contribution in [2.75, 3.05) is 6.61 Å². The molecule has 0 bridgehead atoms. The number of hydrogen-bond donors (Lipinski definition) is 1. The van der Waals surface area contributed by atoms with Gasteiger partial charge in [-0.15, -0.1) is 0 Å². The van der Waals surface area contributed by atoms with Crippen molar-refractivity contribution in [1.29, 1.82) is 0 Å². The minimum atomic E-state index is 0.107. The summed E-state index contributed by atoms with van der Waals surface area (Å²) in [7, 11) is 0. The Bertz CT molecular complexity index is 549. The third-order valence-electron chi connectivity index (χ3n) is 4.33. The van der Waals surface area contributed by atoms with Gasteiger partial charge < -0.3 is 5.11 Å². The predicted octanol–water partition coefficient (Wildman–Crippen LogP) is 2.76. The molecule has 0 radical (unpaired) electrons. The maximum atomic E-state index is 9.60. The molecule has 1 aromatic heterocycles. The van der Waals surface area contributed by atoms with Crippen LogP contribution in [0.2, 0.25) is 0 Å². The van der Waals surface area contributed by atoms with Gasteiger partial charge in [-0.2, -0.15) is 5.10 Å².